The third-order valence-corrected chi connectivity index (χ3v) is 4.37. The van der Waals surface area contributed by atoms with Crippen LogP contribution in [0.15, 0.2) is 51.6 Å². The molecule has 1 aliphatic heterocycles. The van der Waals surface area contributed by atoms with E-state index in [4.69, 9.17) is 18.9 Å². The summed E-state index contributed by atoms with van der Waals surface area (Å²) >= 11 is 3.41. The number of cyclic esters (lactones) is 1. The minimum Gasteiger partial charge on any atom is -0.497 e. The van der Waals surface area contributed by atoms with Crippen molar-refractivity contribution in [2.45, 2.75) is 0 Å². The van der Waals surface area contributed by atoms with E-state index < -0.39 is 5.97 Å². The Bertz CT molecular complexity index is 920. The van der Waals surface area contributed by atoms with E-state index in [1.807, 2.05) is 0 Å². The van der Waals surface area contributed by atoms with Crippen LogP contribution in [0, 0.1) is 0 Å². The number of esters is 1. The van der Waals surface area contributed by atoms with Crippen LogP contribution in [-0.2, 0) is 9.53 Å². The van der Waals surface area contributed by atoms with Crippen molar-refractivity contribution in [2.75, 3.05) is 21.3 Å². The second-order valence-electron chi connectivity index (χ2n) is 5.29. The van der Waals surface area contributed by atoms with Crippen molar-refractivity contribution in [2.24, 2.45) is 4.99 Å². The number of ether oxygens (including phenoxy) is 4. The molecule has 0 aliphatic carbocycles. The lowest BCUT2D eigenvalue weighted by Gasteiger charge is -2.07. The Labute approximate surface area is 159 Å². The van der Waals surface area contributed by atoms with E-state index in [0.717, 1.165) is 4.47 Å². The van der Waals surface area contributed by atoms with Gasteiger partial charge in [-0.15, -0.1) is 0 Å². The van der Waals surface area contributed by atoms with E-state index in [2.05, 4.69) is 20.9 Å². The highest BCUT2D eigenvalue weighted by molar-refractivity contribution is 9.10. The number of hydrogen-bond donors (Lipinski definition) is 0. The molecule has 26 heavy (non-hydrogen) atoms. The number of benzene rings is 2. The Hall–Kier alpha value is -2.80. The Morgan fingerprint density at radius 2 is 1.77 bits per heavy atom. The van der Waals surface area contributed by atoms with Crippen LogP contribution in [0.25, 0.3) is 6.08 Å². The Kier molecular flexibility index (Phi) is 5.27. The predicted molar refractivity (Wildman–Crippen MR) is 101 cm³/mol. The number of rotatable bonds is 5. The Morgan fingerprint density at radius 1 is 1.00 bits per heavy atom. The standard InChI is InChI=1S/C19H16BrNO5/c1-23-13-6-4-11(17(10-13)25-3)9-15-19(22)26-18(21-15)12-5-7-16(24-2)14(20)8-12/h4-10H,1-3H3/b15-9+. The lowest BCUT2D eigenvalue weighted by atomic mass is 10.1. The van der Waals surface area contributed by atoms with Gasteiger partial charge in [-0.3, -0.25) is 0 Å². The maximum atomic E-state index is 12.2. The zero-order valence-corrected chi connectivity index (χ0v) is 16.0. The monoisotopic (exact) mass is 417 g/mol. The first kappa shape index (κ1) is 18.0. The lowest BCUT2D eigenvalue weighted by molar-refractivity contribution is -0.129. The van der Waals surface area contributed by atoms with Crippen LogP contribution in [0.3, 0.4) is 0 Å². The van der Waals surface area contributed by atoms with Gasteiger partial charge in [0.1, 0.15) is 17.2 Å². The van der Waals surface area contributed by atoms with Gasteiger partial charge < -0.3 is 18.9 Å². The van der Waals surface area contributed by atoms with Gasteiger partial charge in [-0.2, -0.15) is 0 Å². The summed E-state index contributed by atoms with van der Waals surface area (Å²) in [5.74, 6) is 1.62. The van der Waals surface area contributed by atoms with Gasteiger partial charge in [-0.25, -0.2) is 9.79 Å². The van der Waals surface area contributed by atoms with Crippen LogP contribution in [-0.4, -0.2) is 33.2 Å². The quantitative estimate of drug-likeness (QED) is 0.546. The molecule has 0 fully saturated rings. The molecule has 0 saturated heterocycles. The van der Waals surface area contributed by atoms with E-state index in [9.17, 15) is 4.79 Å². The van der Waals surface area contributed by atoms with Gasteiger partial charge in [0.25, 0.3) is 0 Å². The normalized spacial score (nSPS) is 14.8. The first-order valence-corrected chi connectivity index (χ1v) is 8.43. The van der Waals surface area contributed by atoms with Gasteiger partial charge in [0.05, 0.1) is 25.8 Å². The van der Waals surface area contributed by atoms with E-state index >= 15 is 0 Å². The molecule has 3 rings (SSSR count). The molecule has 0 bridgehead atoms. The van der Waals surface area contributed by atoms with Crippen molar-refractivity contribution in [1.29, 1.82) is 0 Å². The molecule has 7 heteroatoms. The van der Waals surface area contributed by atoms with Crippen LogP contribution in [0.2, 0.25) is 0 Å². The van der Waals surface area contributed by atoms with Crippen molar-refractivity contribution >= 4 is 33.9 Å². The fourth-order valence-corrected chi connectivity index (χ4v) is 2.96. The van der Waals surface area contributed by atoms with Gasteiger partial charge in [0.15, 0.2) is 5.70 Å². The van der Waals surface area contributed by atoms with Gasteiger partial charge in [0.2, 0.25) is 5.90 Å². The first-order chi connectivity index (χ1) is 12.5. The molecular weight excluding hydrogens is 402 g/mol. The minimum atomic E-state index is -0.523. The largest absolute Gasteiger partial charge is 0.497 e. The number of hydrogen-bond acceptors (Lipinski definition) is 6. The molecule has 134 valence electrons. The maximum absolute atomic E-state index is 12.2. The summed E-state index contributed by atoms with van der Waals surface area (Å²) in [6.45, 7) is 0. The van der Waals surface area contributed by atoms with Crippen LogP contribution < -0.4 is 14.2 Å². The van der Waals surface area contributed by atoms with Gasteiger partial charge in [-0.05, 0) is 52.3 Å². The van der Waals surface area contributed by atoms with Crippen molar-refractivity contribution in [3.63, 3.8) is 0 Å². The molecule has 0 N–H and O–H groups in total. The van der Waals surface area contributed by atoms with Crippen molar-refractivity contribution in [3.8, 4) is 17.2 Å². The highest BCUT2D eigenvalue weighted by Gasteiger charge is 2.25. The van der Waals surface area contributed by atoms with Gasteiger partial charge in [0, 0.05) is 17.2 Å². The third kappa shape index (κ3) is 3.57. The van der Waals surface area contributed by atoms with Crippen LogP contribution in [0.5, 0.6) is 17.2 Å². The number of carbonyl (C=O) groups is 1. The van der Waals surface area contributed by atoms with Crippen molar-refractivity contribution in [1.82, 2.24) is 0 Å². The highest BCUT2D eigenvalue weighted by atomic mass is 79.9. The summed E-state index contributed by atoms with van der Waals surface area (Å²) in [6.07, 6.45) is 1.62. The summed E-state index contributed by atoms with van der Waals surface area (Å²) in [7, 11) is 4.70. The number of nitrogens with zero attached hydrogens (tertiary/aromatic N) is 1. The molecule has 6 nitrogen and oxygen atoms in total. The topological polar surface area (TPSA) is 66.3 Å². The van der Waals surface area contributed by atoms with E-state index in [1.165, 1.54) is 0 Å². The average Bonchev–Trinajstić information content (AvgIpc) is 3.02. The molecule has 0 radical (unpaired) electrons. The van der Waals surface area contributed by atoms with E-state index in [-0.39, 0.29) is 11.6 Å². The smallest absolute Gasteiger partial charge is 0.363 e. The molecule has 2 aromatic carbocycles. The molecule has 0 amide bonds. The number of carbonyl (C=O) groups excluding carboxylic acids is 1. The molecular formula is C19H16BrNO5. The van der Waals surface area contributed by atoms with E-state index in [0.29, 0.717) is 28.4 Å². The van der Waals surface area contributed by atoms with Gasteiger partial charge in [-0.1, -0.05) is 0 Å². The van der Waals surface area contributed by atoms with Crippen LogP contribution in [0.4, 0.5) is 0 Å². The van der Waals surface area contributed by atoms with Crippen molar-refractivity contribution < 1.29 is 23.7 Å². The zero-order valence-electron chi connectivity index (χ0n) is 14.4. The van der Waals surface area contributed by atoms with Crippen LogP contribution >= 0.6 is 15.9 Å². The molecule has 0 aromatic heterocycles. The Balaban J connectivity index is 1.95. The fraction of sp³-hybridized carbons (Fsp3) is 0.158. The molecule has 0 saturated carbocycles. The SMILES string of the molecule is COc1ccc(/C=C2/N=C(c3ccc(OC)c(Br)c3)OC2=O)c(OC)c1. The molecule has 0 atom stereocenters. The number of aliphatic imine (C=N–C) groups is 1. The third-order valence-electron chi connectivity index (χ3n) is 3.75. The summed E-state index contributed by atoms with van der Waals surface area (Å²) in [5.41, 5.74) is 1.55. The summed E-state index contributed by atoms with van der Waals surface area (Å²) < 4.78 is 21.7. The predicted octanol–water partition coefficient (Wildman–Crippen LogP) is 3.82. The minimum absolute atomic E-state index is 0.190. The zero-order chi connectivity index (χ0) is 18.7. The second kappa shape index (κ2) is 7.61. The molecule has 0 spiro atoms. The highest BCUT2D eigenvalue weighted by Crippen LogP contribution is 2.30. The van der Waals surface area contributed by atoms with E-state index in [1.54, 1.807) is 63.8 Å². The molecule has 0 unspecified atom stereocenters. The molecule has 1 aliphatic rings. The molecule has 1 heterocycles. The first-order valence-electron chi connectivity index (χ1n) is 7.64. The maximum Gasteiger partial charge on any atom is 0.363 e. The number of methoxy groups -OCH3 is 3. The lowest BCUT2D eigenvalue weighted by Crippen LogP contribution is -2.05. The second-order valence-corrected chi connectivity index (χ2v) is 6.15. The summed E-state index contributed by atoms with van der Waals surface area (Å²) in [5, 5.41) is 0. The Morgan fingerprint density at radius 3 is 2.42 bits per heavy atom. The van der Waals surface area contributed by atoms with Crippen molar-refractivity contribution in [3.05, 3.63) is 57.7 Å². The average molecular weight is 418 g/mol. The summed E-state index contributed by atoms with van der Waals surface area (Å²) in [4.78, 5) is 16.5. The van der Waals surface area contributed by atoms with Gasteiger partial charge >= 0.3 is 5.97 Å². The fourth-order valence-electron chi connectivity index (χ4n) is 2.42. The number of halogens is 1. The van der Waals surface area contributed by atoms with Crippen LogP contribution in [0.1, 0.15) is 11.1 Å². The molecule has 2 aromatic rings. The summed E-state index contributed by atoms with van der Waals surface area (Å²) in [6, 6.07) is 10.6.